The van der Waals surface area contributed by atoms with E-state index in [2.05, 4.69) is 28.4 Å². The van der Waals surface area contributed by atoms with Crippen molar-refractivity contribution >= 4 is 0 Å². The van der Waals surface area contributed by atoms with Crippen LogP contribution in [0.3, 0.4) is 0 Å². The van der Waals surface area contributed by atoms with Crippen molar-refractivity contribution in [3.8, 4) is 11.1 Å². The first-order valence-corrected chi connectivity index (χ1v) is 6.57. The Hall–Kier alpha value is -2.46. The van der Waals surface area contributed by atoms with E-state index in [1.165, 1.54) is 5.56 Å². The van der Waals surface area contributed by atoms with Crippen molar-refractivity contribution in [2.75, 3.05) is 0 Å². The number of hydrogen-bond donors (Lipinski definition) is 1. The van der Waals surface area contributed by atoms with Gasteiger partial charge in [-0.05, 0) is 23.3 Å². The fourth-order valence-corrected chi connectivity index (χ4v) is 2.15. The summed E-state index contributed by atoms with van der Waals surface area (Å²) in [7, 11) is 0. The predicted octanol–water partition coefficient (Wildman–Crippen LogP) is 2.45. The van der Waals surface area contributed by atoms with Gasteiger partial charge in [-0.3, -0.25) is 9.67 Å². The van der Waals surface area contributed by atoms with E-state index in [0.717, 1.165) is 23.4 Å². The molecule has 3 rings (SSSR count). The third-order valence-electron chi connectivity index (χ3n) is 3.18. The van der Waals surface area contributed by atoms with Crippen molar-refractivity contribution in [1.82, 2.24) is 14.8 Å². The normalized spacial score (nSPS) is 10.7. The Morgan fingerprint density at radius 2 is 1.90 bits per heavy atom. The zero-order chi connectivity index (χ0) is 13.8. The molecule has 2 N–H and O–H groups in total. The number of nitrogens with zero attached hydrogens (tertiary/aromatic N) is 3. The van der Waals surface area contributed by atoms with Crippen LogP contribution in [0.5, 0.6) is 0 Å². The van der Waals surface area contributed by atoms with E-state index in [9.17, 15) is 0 Å². The molecule has 0 aliphatic carbocycles. The first-order valence-electron chi connectivity index (χ1n) is 6.57. The molecule has 0 aliphatic heterocycles. The summed E-state index contributed by atoms with van der Waals surface area (Å²) in [5.74, 6) is 0. The van der Waals surface area contributed by atoms with Crippen LogP contribution in [0.25, 0.3) is 11.1 Å². The maximum atomic E-state index is 5.61. The van der Waals surface area contributed by atoms with Crippen molar-refractivity contribution < 1.29 is 0 Å². The highest BCUT2D eigenvalue weighted by Gasteiger charge is 2.02. The maximum Gasteiger partial charge on any atom is 0.0660 e. The van der Waals surface area contributed by atoms with Gasteiger partial charge in [-0.15, -0.1) is 0 Å². The Morgan fingerprint density at radius 3 is 2.70 bits per heavy atom. The van der Waals surface area contributed by atoms with Crippen LogP contribution in [0.1, 0.15) is 11.3 Å². The van der Waals surface area contributed by atoms with Gasteiger partial charge in [0.25, 0.3) is 0 Å². The van der Waals surface area contributed by atoms with Gasteiger partial charge in [0.15, 0.2) is 0 Å². The molecular formula is C16H16N4. The summed E-state index contributed by atoms with van der Waals surface area (Å²) < 4.78 is 1.93. The molecule has 0 bridgehead atoms. The van der Waals surface area contributed by atoms with Gasteiger partial charge in [0.2, 0.25) is 0 Å². The highest BCUT2D eigenvalue weighted by atomic mass is 15.3. The second-order valence-corrected chi connectivity index (χ2v) is 4.65. The van der Waals surface area contributed by atoms with Crippen LogP contribution in [0.4, 0.5) is 0 Å². The van der Waals surface area contributed by atoms with Crippen molar-refractivity contribution in [3.63, 3.8) is 0 Å². The van der Waals surface area contributed by atoms with Crippen LogP contribution in [-0.2, 0) is 13.1 Å². The van der Waals surface area contributed by atoms with Crippen LogP contribution < -0.4 is 5.73 Å². The quantitative estimate of drug-likeness (QED) is 0.787. The summed E-state index contributed by atoms with van der Waals surface area (Å²) in [6.45, 7) is 1.19. The van der Waals surface area contributed by atoms with Crippen molar-refractivity contribution in [1.29, 1.82) is 0 Å². The molecule has 0 saturated heterocycles. The SMILES string of the molecule is NCc1cc(Cn2cc(-c3ccccc3)cn2)ccn1. The monoisotopic (exact) mass is 264 g/mol. The lowest BCUT2D eigenvalue weighted by Crippen LogP contribution is -2.03. The van der Waals surface area contributed by atoms with E-state index in [0.29, 0.717) is 6.54 Å². The lowest BCUT2D eigenvalue weighted by molar-refractivity contribution is 0.685. The van der Waals surface area contributed by atoms with Crippen molar-refractivity contribution in [3.05, 3.63) is 72.3 Å². The Labute approximate surface area is 117 Å². The van der Waals surface area contributed by atoms with Gasteiger partial charge in [0, 0.05) is 24.5 Å². The highest BCUT2D eigenvalue weighted by Crippen LogP contribution is 2.18. The molecule has 2 aromatic heterocycles. The molecule has 0 aliphatic rings. The zero-order valence-corrected chi connectivity index (χ0v) is 11.1. The molecule has 4 heteroatoms. The standard InChI is InChI=1S/C16H16N4/c17-9-16-8-13(6-7-18-16)11-20-12-15(10-19-20)14-4-2-1-3-5-14/h1-8,10,12H,9,11,17H2. The molecule has 0 saturated carbocycles. The Morgan fingerprint density at radius 1 is 1.05 bits per heavy atom. The van der Waals surface area contributed by atoms with Crippen LogP contribution in [0.2, 0.25) is 0 Å². The van der Waals surface area contributed by atoms with E-state index in [4.69, 9.17) is 5.73 Å². The predicted molar refractivity (Wildman–Crippen MR) is 78.9 cm³/mol. The summed E-state index contributed by atoms with van der Waals surface area (Å²) in [5, 5.41) is 4.41. The molecule has 100 valence electrons. The van der Waals surface area contributed by atoms with Gasteiger partial charge >= 0.3 is 0 Å². The van der Waals surface area contributed by atoms with E-state index in [1.807, 2.05) is 41.2 Å². The summed E-state index contributed by atoms with van der Waals surface area (Å²) in [6, 6.07) is 14.2. The van der Waals surface area contributed by atoms with E-state index >= 15 is 0 Å². The minimum atomic E-state index is 0.461. The number of rotatable bonds is 4. The zero-order valence-electron chi connectivity index (χ0n) is 11.1. The fourth-order valence-electron chi connectivity index (χ4n) is 2.15. The minimum absolute atomic E-state index is 0.461. The van der Waals surface area contributed by atoms with Crippen LogP contribution in [0, 0.1) is 0 Å². The summed E-state index contributed by atoms with van der Waals surface area (Å²) in [5.41, 5.74) is 9.96. The first-order chi connectivity index (χ1) is 9.85. The molecule has 0 spiro atoms. The average molecular weight is 264 g/mol. The molecular weight excluding hydrogens is 248 g/mol. The first kappa shape index (κ1) is 12.6. The second kappa shape index (κ2) is 5.67. The molecule has 1 aromatic carbocycles. The summed E-state index contributed by atoms with van der Waals surface area (Å²) in [6.07, 6.45) is 5.73. The van der Waals surface area contributed by atoms with Gasteiger partial charge < -0.3 is 5.73 Å². The van der Waals surface area contributed by atoms with Crippen LogP contribution in [-0.4, -0.2) is 14.8 Å². The fraction of sp³-hybridized carbons (Fsp3) is 0.125. The lowest BCUT2D eigenvalue weighted by atomic mass is 10.1. The van der Waals surface area contributed by atoms with Gasteiger partial charge in [-0.2, -0.15) is 5.10 Å². The smallest absolute Gasteiger partial charge is 0.0660 e. The van der Waals surface area contributed by atoms with E-state index in [-0.39, 0.29) is 0 Å². The number of aromatic nitrogens is 3. The van der Waals surface area contributed by atoms with Crippen molar-refractivity contribution in [2.45, 2.75) is 13.1 Å². The van der Waals surface area contributed by atoms with E-state index < -0.39 is 0 Å². The molecule has 0 fully saturated rings. The van der Waals surface area contributed by atoms with Gasteiger partial charge in [-0.1, -0.05) is 30.3 Å². The number of hydrogen-bond acceptors (Lipinski definition) is 3. The molecule has 4 nitrogen and oxygen atoms in total. The number of benzene rings is 1. The van der Waals surface area contributed by atoms with Gasteiger partial charge in [0.05, 0.1) is 18.4 Å². The topological polar surface area (TPSA) is 56.7 Å². The molecule has 20 heavy (non-hydrogen) atoms. The third kappa shape index (κ3) is 2.75. The second-order valence-electron chi connectivity index (χ2n) is 4.65. The van der Waals surface area contributed by atoms with E-state index in [1.54, 1.807) is 6.20 Å². The van der Waals surface area contributed by atoms with Gasteiger partial charge in [-0.25, -0.2) is 0 Å². The lowest BCUT2D eigenvalue weighted by Gasteiger charge is -2.03. The largest absolute Gasteiger partial charge is 0.325 e. The van der Waals surface area contributed by atoms with Crippen LogP contribution in [0.15, 0.2) is 61.1 Å². The molecule has 0 amide bonds. The molecule has 3 aromatic rings. The number of nitrogens with two attached hydrogens (primary N) is 1. The molecule has 0 unspecified atom stereocenters. The maximum absolute atomic E-state index is 5.61. The van der Waals surface area contributed by atoms with Gasteiger partial charge in [0.1, 0.15) is 0 Å². The summed E-state index contributed by atoms with van der Waals surface area (Å²) >= 11 is 0. The Balaban J connectivity index is 1.80. The highest BCUT2D eigenvalue weighted by molar-refractivity contribution is 5.61. The molecule has 0 radical (unpaired) electrons. The third-order valence-corrected chi connectivity index (χ3v) is 3.18. The molecule has 2 heterocycles. The molecule has 0 atom stereocenters. The summed E-state index contributed by atoms with van der Waals surface area (Å²) in [4.78, 5) is 4.20. The number of pyridine rings is 1. The van der Waals surface area contributed by atoms with Crippen molar-refractivity contribution in [2.24, 2.45) is 5.73 Å². The van der Waals surface area contributed by atoms with Crippen LogP contribution >= 0.6 is 0 Å². The Bertz CT molecular complexity index is 688. The minimum Gasteiger partial charge on any atom is -0.325 e. The average Bonchev–Trinajstić information content (AvgIpc) is 2.97. The Kier molecular flexibility index (Phi) is 3.56.